The predicted molar refractivity (Wildman–Crippen MR) is 120 cm³/mol. The zero-order valence-corrected chi connectivity index (χ0v) is 19.3. The van der Waals surface area contributed by atoms with Gasteiger partial charge in [0.2, 0.25) is 11.8 Å². The van der Waals surface area contributed by atoms with Crippen LogP contribution in [0.3, 0.4) is 0 Å². The van der Waals surface area contributed by atoms with Crippen LogP contribution in [-0.2, 0) is 14.4 Å². The molecule has 0 atom stereocenters. The van der Waals surface area contributed by atoms with Crippen molar-refractivity contribution in [2.75, 3.05) is 33.7 Å². The smallest absolute Gasteiger partial charge is 0.219 e. The number of hydrogen-bond acceptors (Lipinski definition) is 4. The molecule has 2 N–H and O–H groups in total. The normalized spacial score (nSPS) is 9.46. The first kappa shape index (κ1) is 31.3. The van der Waals surface area contributed by atoms with Crippen LogP contribution >= 0.6 is 0 Å². The first-order chi connectivity index (χ1) is 13.5. The van der Waals surface area contributed by atoms with E-state index in [9.17, 15) is 9.59 Å². The summed E-state index contributed by atoms with van der Waals surface area (Å²) < 4.78 is 0. The number of nitrogens with zero attached hydrogens (tertiary/aromatic N) is 1. The number of rotatable bonds is 15. The Bertz CT molecular complexity index is 339. The van der Waals surface area contributed by atoms with Crippen LogP contribution in [0.4, 0.5) is 0 Å². The van der Waals surface area contributed by atoms with Gasteiger partial charge in [-0.2, -0.15) is 0 Å². The van der Waals surface area contributed by atoms with Crippen molar-refractivity contribution in [2.24, 2.45) is 0 Å². The van der Waals surface area contributed by atoms with Crippen LogP contribution in [-0.4, -0.2) is 57.2 Å². The maximum absolute atomic E-state index is 11.1. The van der Waals surface area contributed by atoms with Gasteiger partial charge in [-0.05, 0) is 39.3 Å². The summed E-state index contributed by atoms with van der Waals surface area (Å²) in [5, 5.41) is 6.06. The van der Waals surface area contributed by atoms with E-state index in [1.54, 1.807) is 11.8 Å². The Hall–Kier alpha value is -1.43. The van der Waals surface area contributed by atoms with Crippen LogP contribution < -0.4 is 10.6 Å². The number of hydrogen-bond donors (Lipinski definition) is 2. The molecule has 0 rings (SSSR count). The van der Waals surface area contributed by atoms with Crippen molar-refractivity contribution in [3.05, 3.63) is 0 Å². The fraction of sp³-hybridized carbons (Fsp3) is 0.864. The van der Waals surface area contributed by atoms with Gasteiger partial charge in [0.25, 0.3) is 0 Å². The van der Waals surface area contributed by atoms with Crippen LogP contribution in [0.25, 0.3) is 0 Å². The van der Waals surface area contributed by atoms with E-state index in [1.165, 1.54) is 38.5 Å². The lowest BCUT2D eigenvalue weighted by atomic mass is 10.2. The second-order valence-electron chi connectivity index (χ2n) is 6.97. The molecule has 0 heterocycles. The van der Waals surface area contributed by atoms with Gasteiger partial charge in [-0.1, -0.05) is 52.4 Å². The molecule has 0 aromatic rings. The molecule has 0 saturated carbocycles. The highest BCUT2D eigenvalue weighted by molar-refractivity contribution is 5.75. The van der Waals surface area contributed by atoms with E-state index in [-0.39, 0.29) is 11.8 Å². The first-order valence-electron chi connectivity index (χ1n) is 10.9. The van der Waals surface area contributed by atoms with Gasteiger partial charge in [-0.25, -0.2) is 0 Å². The predicted octanol–water partition coefficient (Wildman–Crippen LogP) is 3.93. The van der Waals surface area contributed by atoms with Gasteiger partial charge in [0.1, 0.15) is 6.79 Å². The largest absolute Gasteiger partial charge is 0.356 e. The summed E-state index contributed by atoms with van der Waals surface area (Å²) in [6, 6.07) is 0. The molecule has 0 aliphatic carbocycles. The van der Waals surface area contributed by atoms with Gasteiger partial charge in [-0.15, -0.1) is 0 Å². The van der Waals surface area contributed by atoms with Gasteiger partial charge >= 0.3 is 0 Å². The summed E-state index contributed by atoms with van der Waals surface area (Å²) in [5.41, 5.74) is 0. The maximum atomic E-state index is 11.1. The zero-order valence-electron chi connectivity index (χ0n) is 19.3. The lowest BCUT2D eigenvalue weighted by Crippen LogP contribution is -2.24. The molecule has 6 nitrogen and oxygen atoms in total. The summed E-state index contributed by atoms with van der Waals surface area (Å²) in [6.07, 6.45) is 12.6. The second-order valence-corrected chi connectivity index (χ2v) is 6.97. The highest BCUT2D eigenvalue weighted by Crippen LogP contribution is 2.00. The highest BCUT2D eigenvalue weighted by atomic mass is 16.2. The van der Waals surface area contributed by atoms with Gasteiger partial charge < -0.3 is 20.3 Å². The third-order valence-electron chi connectivity index (χ3n) is 4.32. The zero-order chi connectivity index (χ0) is 22.0. The monoisotopic (exact) mass is 401 g/mol. The van der Waals surface area contributed by atoms with Gasteiger partial charge in [0.05, 0.1) is 0 Å². The molecular formula is C22H47N3O3. The first-order valence-corrected chi connectivity index (χ1v) is 10.9. The molecule has 6 heteroatoms. The van der Waals surface area contributed by atoms with Gasteiger partial charge in [-0.3, -0.25) is 9.59 Å². The minimum absolute atomic E-state index is 0.162. The van der Waals surface area contributed by atoms with Crippen LogP contribution in [0.1, 0.15) is 91.4 Å². The van der Waals surface area contributed by atoms with E-state index in [0.717, 1.165) is 45.3 Å². The Labute approximate surface area is 174 Å². The Balaban J connectivity index is -0.000000410. The third kappa shape index (κ3) is 29.3. The van der Waals surface area contributed by atoms with E-state index in [0.29, 0.717) is 6.42 Å². The van der Waals surface area contributed by atoms with E-state index >= 15 is 0 Å². The molecule has 0 aromatic carbocycles. The Morgan fingerprint density at radius 1 is 0.821 bits per heavy atom. The Morgan fingerprint density at radius 2 is 1.36 bits per heavy atom. The number of unbranched alkanes of at least 4 members (excludes halogenated alkanes) is 7. The van der Waals surface area contributed by atoms with Crippen LogP contribution in [0.2, 0.25) is 0 Å². The van der Waals surface area contributed by atoms with Crippen LogP contribution in [0, 0.1) is 0 Å². The topological polar surface area (TPSA) is 78.5 Å². The number of nitrogens with one attached hydrogen (secondary N) is 2. The fourth-order valence-corrected chi connectivity index (χ4v) is 2.37. The minimum Gasteiger partial charge on any atom is -0.356 e. The fourth-order valence-electron chi connectivity index (χ4n) is 2.37. The Kier molecular flexibility index (Phi) is 31.0. The summed E-state index contributed by atoms with van der Waals surface area (Å²) in [4.78, 5) is 31.7. The van der Waals surface area contributed by atoms with Gasteiger partial charge in [0, 0.05) is 33.5 Å². The molecule has 168 valence electrons. The van der Waals surface area contributed by atoms with Gasteiger partial charge in [0.15, 0.2) is 0 Å². The molecule has 0 aromatic heterocycles. The summed E-state index contributed by atoms with van der Waals surface area (Å²) in [5.74, 6) is 0.383. The molecular weight excluding hydrogens is 354 g/mol. The number of carbonyl (C=O) groups is 3. The maximum Gasteiger partial charge on any atom is 0.219 e. The average Bonchev–Trinajstić information content (AvgIpc) is 2.70. The van der Waals surface area contributed by atoms with E-state index in [4.69, 9.17) is 4.79 Å². The van der Waals surface area contributed by atoms with Crippen LogP contribution in [0.5, 0.6) is 0 Å². The minimum atomic E-state index is 0.162. The molecule has 0 spiro atoms. The molecule has 28 heavy (non-hydrogen) atoms. The van der Waals surface area contributed by atoms with Crippen molar-refractivity contribution in [1.82, 2.24) is 15.5 Å². The molecule has 0 radical (unpaired) electrons. The summed E-state index contributed by atoms with van der Waals surface area (Å²) in [6.45, 7) is 10.8. The summed E-state index contributed by atoms with van der Waals surface area (Å²) in [7, 11) is 3.83. The molecule has 0 aliphatic heterocycles. The van der Waals surface area contributed by atoms with Crippen molar-refractivity contribution < 1.29 is 14.4 Å². The SMILES string of the molecule is C=O.CCCCCCNC(=O)CCCC.CNCCCCCCN(C)C(C)=O. The summed E-state index contributed by atoms with van der Waals surface area (Å²) >= 11 is 0. The quantitative estimate of drug-likeness (QED) is 0.408. The van der Waals surface area contributed by atoms with E-state index < -0.39 is 0 Å². The third-order valence-corrected chi connectivity index (χ3v) is 4.32. The lowest BCUT2D eigenvalue weighted by Gasteiger charge is -2.13. The van der Waals surface area contributed by atoms with Crippen molar-refractivity contribution in [3.8, 4) is 0 Å². The number of carbonyl (C=O) groups excluding carboxylic acids is 3. The van der Waals surface area contributed by atoms with Crippen molar-refractivity contribution in [3.63, 3.8) is 0 Å². The molecule has 0 aliphatic rings. The molecule has 2 amide bonds. The van der Waals surface area contributed by atoms with E-state index in [1.807, 2.05) is 20.9 Å². The van der Waals surface area contributed by atoms with E-state index in [2.05, 4.69) is 24.5 Å². The number of amides is 2. The average molecular weight is 402 g/mol. The standard InChI is InChI=1S/C11H23NO.C10H22N2O.CH2O/c1-3-5-7-8-10-12-11(13)9-6-4-2;1-10(13)12(3)9-7-5-4-6-8-11-2;1-2/h3-10H2,1-2H3,(H,12,13);11H,4-9H2,1-3H3;1H2. The van der Waals surface area contributed by atoms with Crippen molar-refractivity contribution in [2.45, 2.75) is 91.4 Å². The molecule has 0 saturated heterocycles. The lowest BCUT2D eigenvalue weighted by molar-refractivity contribution is -0.127. The van der Waals surface area contributed by atoms with Crippen molar-refractivity contribution in [1.29, 1.82) is 0 Å². The Morgan fingerprint density at radius 3 is 1.89 bits per heavy atom. The van der Waals surface area contributed by atoms with Crippen molar-refractivity contribution >= 4 is 18.6 Å². The molecule has 0 fully saturated rings. The highest BCUT2D eigenvalue weighted by Gasteiger charge is 2.00. The second kappa shape index (κ2) is 27.8. The van der Waals surface area contributed by atoms with Crippen LogP contribution in [0.15, 0.2) is 0 Å². The molecule has 0 bridgehead atoms. The molecule has 0 unspecified atom stereocenters.